The molecule has 76 heavy (non-hydrogen) atoms. The van der Waals surface area contributed by atoms with E-state index in [9.17, 15) is 32.8 Å². The van der Waals surface area contributed by atoms with Crippen LogP contribution in [-0.2, 0) is 29.8 Å². The highest BCUT2D eigenvalue weighted by atomic mass is 32.2. The first-order chi connectivity index (χ1) is 36.5. The SMILES string of the molecule is CCCC[N+](CCCC)(CCCC)Cc1ccccc1.CCCC[N+](CCCC)(CCCC)Cc1ccccc1.CCCC[N+](CCCC)(CCCC)Cc1ccccc1.O=C([O-])c1cc(C(=O)[O-])cc(S(=O)(=O)[O-])c1. The van der Waals surface area contributed by atoms with E-state index in [0.717, 1.165) is 0 Å². The van der Waals surface area contributed by atoms with Crippen molar-refractivity contribution in [2.75, 3.05) is 58.9 Å². The molecule has 4 aromatic rings. The monoisotopic (exact) mass is 1070 g/mol. The minimum Gasteiger partial charge on any atom is -0.744 e. The second kappa shape index (κ2) is 40.8. The number of carboxylic acids is 2. The van der Waals surface area contributed by atoms with Crippen LogP contribution in [0.3, 0.4) is 0 Å². The Balaban J connectivity index is 0.000000508. The molecule has 0 spiro atoms. The fourth-order valence-corrected chi connectivity index (χ4v) is 10.6. The summed E-state index contributed by atoms with van der Waals surface area (Å²) in [5, 5.41) is 20.9. The van der Waals surface area contributed by atoms with Crippen LogP contribution >= 0.6 is 0 Å². The van der Waals surface area contributed by atoms with Gasteiger partial charge in [-0.3, -0.25) is 0 Å². The van der Waals surface area contributed by atoms with Gasteiger partial charge in [0.15, 0.2) is 0 Å². The Kier molecular flexibility index (Phi) is 37.3. The van der Waals surface area contributed by atoms with E-state index in [4.69, 9.17) is 0 Å². The second-order valence-electron chi connectivity index (χ2n) is 21.4. The maximum absolute atomic E-state index is 10.6. The molecule has 0 aliphatic rings. The summed E-state index contributed by atoms with van der Waals surface area (Å²) >= 11 is 0. The molecule has 0 aromatic heterocycles. The fourth-order valence-electron chi connectivity index (χ4n) is 10.1. The number of quaternary nitrogens is 3. The van der Waals surface area contributed by atoms with Gasteiger partial charge in [-0.1, -0.05) is 211 Å². The van der Waals surface area contributed by atoms with Crippen molar-refractivity contribution in [3.8, 4) is 0 Å². The van der Waals surface area contributed by atoms with Gasteiger partial charge in [-0.2, -0.15) is 0 Å². The molecule has 0 aliphatic carbocycles. The number of aromatic carboxylic acids is 2. The zero-order chi connectivity index (χ0) is 56.6. The third-order valence-corrected chi connectivity index (χ3v) is 15.4. The summed E-state index contributed by atoms with van der Waals surface area (Å²) < 4.78 is 35.7. The number of carbonyl (C=O) groups excluding carboxylic acids is 2. The van der Waals surface area contributed by atoms with Crippen LogP contribution in [0.2, 0.25) is 0 Å². The van der Waals surface area contributed by atoms with Gasteiger partial charge < -0.3 is 37.8 Å². The molecule has 4 aromatic carbocycles. The van der Waals surface area contributed by atoms with E-state index < -0.39 is 38.1 Å². The van der Waals surface area contributed by atoms with Crippen molar-refractivity contribution in [2.24, 2.45) is 0 Å². The van der Waals surface area contributed by atoms with Crippen LogP contribution < -0.4 is 10.2 Å². The Hall–Kier alpha value is -4.39. The summed E-state index contributed by atoms with van der Waals surface area (Å²) in [6.07, 6.45) is 24.1. The minimum absolute atomic E-state index is 0.518. The summed E-state index contributed by atoms with van der Waals surface area (Å²) in [6.45, 7) is 36.7. The molecule has 0 radical (unpaired) electrons. The first-order valence-corrected chi connectivity index (χ1v) is 31.1. The van der Waals surface area contributed by atoms with Crippen LogP contribution in [0.5, 0.6) is 0 Å². The number of hydrogen-bond donors (Lipinski definition) is 0. The molecule has 4 rings (SSSR count). The van der Waals surface area contributed by atoms with Crippen molar-refractivity contribution < 1.29 is 46.2 Å². The highest BCUT2D eigenvalue weighted by molar-refractivity contribution is 7.85. The van der Waals surface area contributed by atoms with E-state index in [1.54, 1.807) is 0 Å². The van der Waals surface area contributed by atoms with E-state index in [1.807, 2.05) is 0 Å². The molecule has 0 saturated heterocycles. The molecule has 0 atom stereocenters. The summed E-state index contributed by atoms with van der Waals surface area (Å²) in [4.78, 5) is 19.9. The minimum atomic E-state index is -4.95. The summed E-state index contributed by atoms with van der Waals surface area (Å²) in [6, 6.07) is 35.0. The van der Waals surface area contributed by atoms with Gasteiger partial charge in [0.05, 0.1) is 75.7 Å². The maximum atomic E-state index is 10.6. The molecule has 0 saturated carbocycles. The first kappa shape index (κ1) is 69.6. The number of carboxylic acid groups (broad SMARTS) is 2. The van der Waals surface area contributed by atoms with E-state index in [2.05, 4.69) is 153 Å². The zero-order valence-corrected chi connectivity index (χ0v) is 50.0. The van der Waals surface area contributed by atoms with Crippen LogP contribution in [0, 0.1) is 0 Å². The van der Waals surface area contributed by atoms with Crippen LogP contribution in [0.15, 0.2) is 114 Å². The van der Waals surface area contributed by atoms with Gasteiger partial charge in [-0.15, -0.1) is 0 Å². The lowest BCUT2D eigenvalue weighted by Crippen LogP contribution is -2.49. The Labute approximate surface area is 464 Å². The van der Waals surface area contributed by atoms with Gasteiger partial charge in [0.25, 0.3) is 0 Å². The van der Waals surface area contributed by atoms with Crippen molar-refractivity contribution in [1.29, 1.82) is 0 Å². The van der Waals surface area contributed by atoms with Crippen molar-refractivity contribution in [2.45, 2.75) is 202 Å². The fraction of sp³-hybridized carbons (Fsp3) is 0.600. The number of carbonyl (C=O) groups is 2. The van der Waals surface area contributed by atoms with Crippen molar-refractivity contribution >= 4 is 22.1 Å². The maximum Gasteiger partial charge on any atom is 0.124 e. The van der Waals surface area contributed by atoms with Crippen LogP contribution in [0.1, 0.15) is 215 Å². The molecular weight excluding hydrogens is 967 g/mol. The molecule has 0 N–H and O–H groups in total. The van der Waals surface area contributed by atoms with Gasteiger partial charge in [0.2, 0.25) is 0 Å². The summed E-state index contributed by atoms with van der Waals surface area (Å²) in [5.41, 5.74) is 3.08. The van der Waals surface area contributed by atoms with E-state index in [0.29, 0.717) is 18.2 Å². The lowest BCUT2D eigenvalue weighted by atomic mass is 10.1. The van der Waals surface area contributed by atoms with Crippen molar-refractivity contribution in [3.63, 3.8) is 0 Å². The Morgan fingerprint density at radius 1 is 0.355 bits per heavy atom. The van der Waals surface area contributed by atoms with Gasteiger partial charge in [-0.05, 0) is 87.1 Å². The average molecular weight is 1070 g/mol. The smallest absolute Gasteiger partial charge is 0.124 e. The molecule has 10 nitrogen and oxygen atoms in total. The van der Waals surface area contributed by atoms with Crippen molar-refractivity contribution in [1.82, 2.24) is 0 Å². The van der Waals surface area contributed by atoms with Gasteiger partial charge in [0.1, 0.15) is 29.8 Å². The van der Waals surface area contributed by atoms with E-state index in [1.165, 1.54) is 224 Å². The number of rotatable bonds is 36. The Bertz CT molecular complexity index is 1930. The lowest BCUT2D eigenvalue weighted by Gasteiger charge is -2.39. The number of benzene rings is 4. The quantitative estimate of drug-likeness (QED) is 0.0327. The number of hydrogen-bond acceptors (Lipinski definition) is 7. The van der Waals surface area contributed by atoms with Crippen molar-refractivity contribution in [3.05, 3.63) is 137 Å². The highest BCUT2D eigenvalue weighted by Gasteiger charge is 2.28. The van der Waals surface area contributed by atoms with Gasteiger partial charge >= 0.3 is 0 Å². The molecule has 0 heterocycles. The highest BCUT2D eigenvalue weighted by Crippen LogP contribution is 2.23. The van der Waals surface area contributed by atoms with Gasteiger partial charge in [-0.25, -0.2) is 8.42 Å². The summed E-state index contributed by atoms with van der Waals surface area (Å²) in [7, 11) is -4.95. The predicted octanol–water partition coefficient (Wildman–Crippen LogP) is 13.5. The van der Waals surface area contributed by atoms with E-state index >= 15 is 0 Å². The van der Waals surface area contributed by atoms with Crippen LogP contribution in [-0.4, -0.2) is 97.3 Å². The topological polar surface area (TPSA) is 137 Å². The number of unbranched alkanes of at least 4 members (excludes halogenated alkanes) is 9. The van der Waals surface area contributed by atoms with Crippen LogP contribution in [0.25, 0.3) is 0 Å². The lowest BCUT2D eigenvalue weighted by molar-refractivity contribution is -0.941. The average Bonchev–Trinajstić information content (AvgIpc) is 3.43. The molecule has 0 amide bonds. The molecule has 428 valence electrons. The molecule has 0 aliphatic heterocycles. The number of nitrogens with zero attached hydrogens (tertiary/aromatic N) is 3. The largest absolute Gasteiger partial charge is 0.744 e. The third-order valence-electron chi connectivity index (χ3n) is 14.6. The van der Waals surface area contributed by atoms with Gasteiger partial charge in [0, 0.05) is 16.7 Å². The van der Waals surface area contributed by atoms with Crippen LogP contribution in [0.4, 0.5) is 0 Å². The normalized spacial score (nSPS) is 11.6. The third kappa shape index (κ3) is 29.4. The second-order valence-corrected chi connectivity index (χ2v) is 22.8. The first-order valence-electron chi connectivity index (χ1n) is 29.7. The standard InChI is InChI=1S/3C19H34N.C8H6O7S/c3*1-4-7-15-20(16-8-5-2,17-9-6-3)18-19-13-11-10-12-14-19;9-7(10)4-1-5(8(11)12)3-6(2-4)16(13,14)15/h3*10-14H,4-9,15-18H2,1-3H3;1-3H,(H,9,10)(H,11,12)(H,13,14,15)/q3*+1;/p-3. The molecule has 0 unspecified atom stereocenters. The Morgan fingerprint density at radius 2 is 0.553 bits per heavy atom. The molecule has 0 fully saturated rings. The summed E-state index contributed by atoms with van der Waals surface area (Å²) in [5.74, 6) is -3.60. The molecule has 11 heteroatoms. The van der Waals surface area contributed by atoms with E-state index in [-0.39, 0.29) is 0 Å². The molecule has 0 bridgehead atoms. The zero-order valence-electron chi connectivity index (χ0n) is 49.2. The predicted molar refractivity (Wildman–Crippen MR) is 312 cm³/mol. The Morgan fingerprint density at radius 3 is 0.711 bits per heavy atom. The molecular formula is C65H105N3O7S.